The topological polar surface area (TPSA) is 109 Å². The first-order valence-electron chi connectivity index (χ1n) is 18.8. The predicted molar refractivity (Wildman–Crippen MR) is 204 cm³/mol. The van der Waals surface area contributed by atoms with E-state index in [0.29, 0.717) is 32.7 Å². The van der Waals surface area contributed by atoms with Gasteiger partial charge in [0.05, 0.1) is 51.1 Å². The zero-order chi connectivity index (χ0) is 37.8. The molecule has 10 heteroatoms. The fourth-order valence-corrected chi connectivity index (χ4v) is 9.55. The van der Waals surface area contributed by atoms with E-state index in [1.807, 2.05) is 78.9 Å². The van der Waals surface area contributed by atoms with Gasteiger partial charge in [0.1, 0.15) is 12.4 Å². The summed E-state index contributed by atoms with van der Waals surface area (Å²) in [6, 6.07) is 31.2. The highest BCUT2D eigenvalue weighted by atomic mass is 16.6. The average molecular weight is 730 g/mol. The molecule has 10 nitrogen and oxygen atoms in total. The number of hydrogen-bond acceptors (Lipinski definition) is 7. The van der Waals surface area contributed by atoms with E-state index in [1.165, 1.54) is 0 Å². The fourth-order valence-electron chi connectivity index (χ4n) is 9.55. The summed E-state index contributed by atoms with van der Waals surface area (Å²) >= 11 is 0. The van der Waals surface area contributed by atoms with Crippen LogP contribution in [0.5, 0.6) is 5.75 Å². The van der Waals surface area contributed by atoms with Crippen LogP contribution in [0.15, 0.2) is 97.1 Å². The van der Waals surface area contributed by atoms with Crippen molar-refractivity contribution in [1.29, 1.82) is 0 Å². The zero-order valence-electron chi connectivity index (χ0n) is 31.2. The van der Waals surface area contributed by atoms with Crippen molar-refractivity contribution in [3.05, 3.63) is 125 Å². The van der Waals surface area contributed by atoms with Gasteiger partial charge in [0.2, 0.25) is 5.91 Å². The SMILES string of the molecule is COc1ccc(C(C)(C)[C@H]2[C@H](CC(=O)N3Cc4ccccc4C[C@H]3CO)O[C@@]3(C(=O)N(Cc4ccc(N5CCOC5=O)cc4)c4ccccc43)[C@@H]2C)cc1. The second-order valence-electron chi connectivity index (χ2n) is 15.5. The van der Waals surface area contributed by atoms with Gasteiger partial charge in [-0.2, -0.15) is 0 Å². The van der Waals surface area contributed by atoms with Crippen LogP contribution in [-0.4, -0.2) is 66.9 Å². The predicted octanol–water partition coefficient (Wildman–Crippen LogP) is 6.36. The van der Waals surface area contributed by atoms with E-state index in [4.69, 9.17) is 14.2 Å². The molecular weight excluding hydrogens is 682 g/mol. The van der Waals surface area contributed by atoms with Crippen LogP contribution in [-0.2, 0) is 49.6 Å². The molecule has 1 spiro atoms. The smallest absolute Gasteiger partial charge is 0.414 e. The Morgan fingerprint density at radius 1 is 0.944 bits per heavy atom. The molecule has 1 N–H and O–H groups in total. The van der Waals surface area contributed by atoms with Crippen molar-refractivity contribution in [1.82, 2.24) is 4.90 Å². The van der Waals surface area contributed by atoms with Gasteiger partial charge in [-0.1, -0.05) is 87.5 Å². The summed E-state index contributed by atoms with van der Waals surface area (Å²) in [4.78, 5) is 47.0. The maximum absolute atomic E-state index is 15.2. The second kappa shape index (κ2) is 13.9. The van der Waals surface area contributed by atoms with Crippen LogP contribution in [0.2, 0.25) is 0 Å². The molecule has 4 aromatic rings. The lowest BCUT2D eigenvalue weighted by atomic mass is 9.63. The minimum Gasteiger partial charge on any atom is -0.497 e. The van der Waals surface area contributed by atoms with Gasteiger partial charge in [0.15, 0.2) is 5.60 Å². The van der Waals surface area contributed by atoms with Crippen LogP contribution in [0.1, 0.15) is 55.0 Å². The van der Waals surface area contributed by atoms with Crippen molar-refractivity contribution < 1.29 is 33.7 Å². The highest BCUT2D eigenvalue weighted by molar-refractivity contribution is 6.07. The standard InChI is InChI=1S/C44H47N3O7/c1-28-40(43(2,3)32-15-19-35(52-4)20-16-32)38(24-39(49)46-26-31-10-6-5-9-30(31)23-34(46)27-48)54-44(28)36-11-7-8-12-37(36)47(41(44)50)25-29-13-17-33(18-14-29)45-21-22-53-42(45)51/h5-20,28,34,38,40,48H,21-27H2,1-4H3/t28-,34+,38+,40-,44+/m1/s1. The second-order valence-corrected chi connectivity index (χ2v) is 15.5. The number of amides is 3. The molecule has 4 aliphatic rings. The molecule has 280 valence electrons. The normalized spacial score (nSPS) is 24.9. The fraction of sp³-hybridized carbons (Fsp3) is 0.386. The monoisotopic (exact) mass is 729 g/mol. The Morgan fingerprint density at radius 3 is 2.33 bits per heavy atom. The van der Waals surface area contributed by atoms with Crippen LogP contribution in [0.25, 0.3) is 0 Å². The van der Waals surface area contributed by atoms with Crippen molar-refractivity contribution in [2.75, 3.05) is 36.7 Å². The lowest BCUT2D eigenvalue weighted by molar-refractivity contribution is -0.151. The van der Waals surface area contributed by atoms with Crippen LogP contribution < -0.4 is 14.5 Å². The van der Waals surface area contributed by atoms with Crippen LogP contribution in [0.3, 0.4) is 0 Å². The zero-order valence-corrected chi connectivity index (χ0v) is 31.2. The van der Waals surface area contributed by atoms with Gasteiger partial charge in [-0.25, -0.2) is 4.79 Å². The maximum Gasteiger partial charge on any atom is 0.414 e. The Labute approximate surface area is 316 Å². The Morgan fingerprint density at radius 2 is 1.65 bits per heavy atom. The Kier molecular flexibility index (Phi) is 9.22. The number of anilines is 2. The maximum atomic E-state index is 15.2. The molecule has 54 heavy (non-hydrogen) atoms. The molecule has 0 bridgehead atoms. The number of cyclic esters (lactones) is 1. The van der Waals surface area contributed by atoms with Gasteiger partial charge in [-0.05, 0) is 64.4 Å². The minimum absolute atomic E-state index is 0.0604. The van der Waals surface area contributed by atoms with Gasteiger partial charge < -0.3 is 29.1 Å². The number of aliphatic hydroxyl groups is 1. The van der Waals surface area contributed by atoms with Crippen molar-refractivity contribution >= 4 is 29.3 Å². The molecule has 5 atom stereocenters. The summed E-state index contributed by atoms with van der Waals surface area (Å²) in [5, 5.41) is 10.4. The highest BCUT2D eigenvalue weighted by Crippen LogP contribution is 2.60. The number of methoxy groups -OCH3 is 1. The lowest BCUT2D eigenvalue weighted by Crippen LogP contribution is -2.48. The largest absolute Gasteiger partial charge is 0.497 e. The van der Waals surface area contributed by atoms with E-state index in [2.05, 4.69) is 39.0 Å². The molecule has 0 aromatic heterocycles. The van der Waals surface area contributed by atoms with Crippen molar-refractivity contribution in [3.63, 3.8) is 0 Å². The summed E-state index contributed by atoms with van der Waals surface area (Å²) in [5.74, 6) is -0.0981. The summed E-state index contributed by atoms with van der Waals surface area (Å²) in [6.07, 6.45) is -0.338. The molecule has 0 radical (unpaired) electrons. The average Bonchev–Trinajstić information content (AvgIpc) is 3.83. The number of carbonyl (C=O) groups is 3. The molecule has 2 fully saturated rings. The molecule has 4 aliphatic heterocycles. The first-order chi connectivity index (χ1) is 26.1. The molecule has 0 aliphatic carbocycles. The van der Waals surface area contributed by atoms with E-state index >= 15 is 4.79 Å². The molecule has 2 saturated heterocycles. The number of nitrogens with zero attached hydrogens (tertiary/aromatic N) is 3. The number of hydrogen-bond donors (Lipinski definition) is 1. The Bertz CT molecular complexity index is 2070. The van der Waals surface area contributed by atoms with E-state index in [9.17, 15) is 14.7 Å². The van der Waals surface area contributed by atoms with Crippen LogP contribution in [0, 0.1) is 11.8 Å². The number of para-hydroxylation sites is 1. The van der Waals surface area contributed by atoms with Crippen molar-refractivity contribution in [3.8, 4) is 5.75 Å². The molecule has 0 saturated carbocycles. The number of rotatable bonds is 9. The number of fused-ring (bicyclic) bond motifs is 3. The number of ether oxygens (including phenoxy) is 3. The first-order valence-corrected chi connectivity index (χ1v) is 18.8. The third-order valence-electron chi connectivity index (χ3n) is 12.4. The summed E-state index contributed by atoms with van der Waals surface area (Å²) in [5.41, 5.74) is 4.63. The molecule has 0 unspecified atom stereocenters. The number of aliphatic hydroxyl groups excluding tert-OH is 1. The highest BCUT2D eigenvalue weighted by Gasteiger charge is 2.66. The quantitative estimate of drug-likeness (QED) is 0.214. The summed E-state index contributed by atoms with van der Waals surface area (Å²) < 4.78 is 17.8. The number of benzene rings is 4. The van der Waals surface area contributed by atoms with Gasteiger partial charge in [-0.3, -0.25) is 14.5 Å². The van der Waals surface area contributed by atoms with E-state index < -0.39 is 17.1 Å². The van der Waals surface area contributed by atoms with Crippen molar-refractivity contribution in [2.45, 2.75) is 69.9 Å². The third kappa shape index (κ3) is 5.83. The number of carbonyl (C=O) groups excluding carboxylic acids is 3. The molecule has 4 aromatic carbocycles. The van der Waals surface area contributed by atoms with E-state index in [0.717, 1.165) is 44.9 Å². The van der Waals surface area contributed by atoms with Crippen molar-refractivity contribution in [2.24, 2.45) is 11.8 Å². The minimum atomic E-state index is -1.33. The van der Waals surface area contributed by atoms with Crippen LogP contribution >= 0.6 is 0 Å². The molecule has 4 heterocycles. The molecular formula is C44H47N3O7. The third-order valence-corrected chi connectivity index (χ3v) is 12.4. The summed E-state index contributed by atoms with van der Waals surface area (Å²) in [7, 11) is 1.64. The van der Waals surface area contributed by atoms with Gasteiger partial charge in [0.25, 0.3) is 5.91 Å². The van der Waals surface area contributed by atoms with Gasteiger partial charge in [-0.15, -0.1) is 0 Å². The van der Waals surface area contributed by atoms with E-state index in [1.54, 1.807) is 21.8 Å². The van der Waals surface area contributed by atoms with Crippen LogP contribution in [0.4, 0.5) is 16.2 Å². The Balaban J connectivity index is 1.15. The molecule has 3 amide bonds. The summed E-state index contributed by atoms with van der Waals surface area (Å²) in [6.45, 7) is 7.86. The van der Waals surface area contributed by atoms with Gasteiger partial charge in [0, 0.05) is 29.6 Å². The van der Waals surface area contributed by atoms with Gasteiger partial charge >= 0.3 is 6.09 Å². The first kappa shape index (κ1) is 35.8. The molecule has 8 rings (SSSR count). The van der Waals surface area contributed by atoms with E-state index in [-0.39, 0.29) is 48.8 Å². The lowest BCUT2D eigenvalue weighted by Gasteiger charge is -2.40. The Hall–Kier alpha value is -5.19.